The van der Waals surface area contributed by atoms with Crippen molar-refractivity contribution < 1.29 is 4.52 Å². The molecule has 1 heterocycles. The maximum Gasteiger partial charge on any atom is 0.265 e. The van der Waals surface area contributed by atoms with Crippen LogP contribution >= 0.6 is 0 Å². The van der Waals surface area contributed by atoms with Crippen LogP contribution in [-0.2, 0) is 0 Å². The highest BCUT2D eigenvalue weighted by Crippen LogP contribution is 2.13. The van der Waals surface area contributed by atoms with Crippen molar-refractivity contribution in [2.24, 2.45) is 5.73 Å². The van der Waals surface area contributed by atoms with Crippen molar-refractivity contribution >= 4 is 5.95 Å². The van der Waals surface area contributed by atoms with E-state index in [9.17, 15) is 0 Å². The van der Waals surface area contributed by atoms with Crippen molar-refractivity contribution in [3.05, 3.63) is 5.89 Å². The third-order valence-corrected chi connectivity index (χ3v) is 1.49. The zero-order valence-electron chi connectivity index (χ0n) is 7.69. The topological polar surface area (TPSA) is 68.2 Å². The summed E-state index contributed by atoms with van der Waals surface area (Å²) in [7, 11) is 3.64. The number of rotatable bonds is 3. The lowest BCUT2D eigenvalue weighted by atomic mass is 10.2. The highest BCUT2D eigenvalue weighted by Gasteiger charge is 2.14. The number of terminal acetylenes is 1. The minimum Gasteiger partial charge on any atom is -0.344 e. The van der Waals surface area contributed by atoms with Crippen LogP contribution in [0.5, 0.6) is 0 Å². The molecule has 1 atom stereocenters. The Balaban J connectivity index is 2.74. The van der Waals surface area contributed by atoms with Gasteiger partial charge in [-0.1, -0.05) is 0 Å². The minimum atomic E-state index is -0.369. The van der Waals surface area contributed by atoms with E-state index in [2.05, 4.69) is 16.1 Å². The van der Waals surface area contributed by atoms with Gasteiger partial charge < -0.3 is 15.2 Å². The molecular weight excluding hydrogens is 168 g/mol. The average molecular weight is 180 g/mol. The molecule has 0 amide bonds. The van der Waals surface area contributed by atoms with Crippen molar-refractivity contribution in [2.45, 2.75) is 12.5 Å². The van der Waals surface area contributed by atoms with Crippen LogP contribution in [0.25, 0.3) is 0 Å². The largest absolute Gasteiger partial charge is 0.344 e. The van der Waals surface area contributed by atoms with Crippen LogP contribution < -0.4 is 10.6 Å². The van der Waals surface area contributed by atoms with E-state index in [1.807, 2.05) is 14.1 Å². The number of hydrogen-bond donors (Lipinski definition) is 1. The lowest BCUT2D eigenvalue weighted by molar-refractivity contribution is 0.356. The van der Waals surface area contributed by atoms with Crippen molar-refractivity contribution in [3.63, 3.8) is 0 Å². The number of aromatic nitrogens is 2. The Morgan fingerprint density at radius 3 is 2.85 bits per heavy atom. The lowest BCUT2D eigenvalue weighted by Crippen LogP contribution is -2.12. The zero-order valence-corrected chi connectivity index (χ0v) is 7.69. The smallest absolute Gasteiger partial charge is 0.265 e. The fourth-order valence-electron chi connectivity index (χ4n) is 0.774. The molecule has 70 valence electrons. The van der Waals surface area contributed by atoms with Crippen LogP contribution in [-0.4, -0.2) is 24.2 Å². The summed E-state index contributed by atoms with van der Waals surface area (Å²) in [5.74, 6) is 3.32. The van der Waals surface area contributed by atoms with E-state index in [0.717, 1.165) is 0 Å². The number of hydrogen-bond acceptors (Lipinski definition) is 5. The highest BCUT2D eigenvalue weighted by molar-refractivity contribution is 5.24. The third kappa shape index (κ3) is 2.20. The summed E-state index contributed by atoms with van der Waals surface area (Å²) in [6, 6.07) is -0.369. The lowest BCUT2D eigenvalue weighted by Gasteiger charge is -2.03. The third-order valence-electron chi connectivity index (χ3n) is 1.49. The van der Waals surface area contributed by atoms with Gasteiger partial charge >= 0.3 is 0 Å². The molecule has 5 heteroatoms. The van der Waals surface area contributed by atoms with E-state index in [-0.39, 0.29) is 6.04 Å². The second-order valence-electron chi connectivity index (χ2n) is 2.84. The molecule has 0 saturated carbocycles. The molecule has 0 saturated heterocycles. The van der Waals surface area contributed by atoms with Gasteiger partial charge in [0, 0.05) is 20.5 Å². The Morgan fingerprint density at radius 1 is 1.69 bits per heavy atom. The first-order chi connectivity index (χ1) is 6.15. The monoisotopic (exact) mass is 180 g/mol. The van der Waals surface area contributed by atoms with E-state index in [1.54, 1.807) is 4.90 Å². The molecule has 0 aliphatic heterocycles. The van der Waals surface area contributed by atoms with E-state index in [4.69, 9.17) is 16.7 Å². The standard InChI is InChI=1S/C8H12N4O/c1-4-5-6(9)7-10-8(11-13-7)12(2)3/h1,6H,5,9H2,2-3H3. The van der Waals surface area contributed by atoms with Gasteiger partial charge in [-0.3, -0.25) is 0 Å². The summed E-state index contributed by atoms with van der Waals surface area (Å²) in [5, 5.41) is 3.71. The summed E-state index contributed by atoms with van der Waals surface area (Å²) in [6.45, 7) is 0. The van der Waals surface area contributed by atoms with Crippen LogP contribution in [0.4, 0.5) is 5.95 Å². The van der Waals surface area contributed by atoms with Crippen molar-refractivity contribution in [1.82, 2.24) is 10.1 Å². The molecule has 0 spiro atoms. The molecular formula is C8H12N4O. The molecule has 0 fully saturated rings. The van der Waals surface area contributed by atoms with Crippen LogP contribution in [0.2, 0.25) is 0 Å². The molecule has 0 bridgehead atoms. The normalized spacial score (nSPS) is 12.2. The van der Waals surface area contributed by atoms with Crippen molar-refractivity contribution in [3.8, 4) is 12.3 Å². The van der Waals surface area contributed by atoms with Gasteiger partial charge in [-0.2, -0.15) is 4.98 Å². The number of anilines is 1. The molecule has 0 aliphatic carbocycles. The van der Waals surface area contributed by atoms with Crippen LogP contribution in [0.3, 0.4) is 0 Å². The van der Waals surface area contributed by atoms with Gasteiger partial charge in [0.2, 0.25) is 5.89 Å². The quantitative estimate of drug-likeness (QED) is 0.671. The molecule has 13 heavy (non-hydrogen) atoms. The predicted molar refractivity (Wildman–Crippen MR) is 49.0 cm³/mol. The molecule has 0 radical (unpaired) electrons. The SMILES string of the molecule is C#CCC(N)c1nc(N(C)C)no1. The van der Waals surface area contributed by atoms with Crippen LogP contribution in [0.1, 0.15) is 18.4 Å². The van der Waals surface area contributed by atoms with Crippen molar-refractivity contribution in [2.75, 3.05) is 19.0 Å². The van der Waals surface area contributed by atoms with E-state index in [0.29, 0.717) is 18.3 Å². The molecule has 1 aromatic rings. The fourth-order valence-corrected chi connectivity index (χ4v) is 0.774. The second-order valence-corrected chi connectivity index (χ2v) is 2.84. The Hall–Kier alpha value is -1.54. The Bertz CT molecular complexity index is 312. The molecule has 0 aliphatic rings. The fraction of sp³-hybridized carbons (Fsp3) is 0.500. The predicted octanol–water partition coefficient (Wildman–Crippen LogP) is 0.159. The van der Waals surface area contributed by atoms with E-state index < -0.39 is 0 Å². The first kappa shape index (κ1) is 9.55. The first-order valence-electron chi connectivity index (χ1n) is 3.85. The maximum absolute atomic E-state index is 5.66. The van der Waals surface area contributed by atoms with E-state index >= 15 is 0 Å². The summed E-state index contributed by atoms with van der Waals surface area (Å²) in [4.78, 5) is 5.79. The van der Waals surface area contributed by atoms with E-state index in [1.165, 1.54) is 0 Å². The average Bonchev–Trinajstić information content (AvgIpc) is 2.52. The molecule has 1 rings (SSSR count). The van der Waals surface area contributed by atoms with Gasteiger partial charge in [-0.25, -0.2) is 0 Å². The van der Waals surface area contributed by atoms with Gasteiger partial charge in [0.25, 0.3) is 5.95 Å². The molecule has 5 nitrogen and oxygen atoms in total. The summed E-state index contributed by atoms with van der Waals surface area (Å²) >= 11 is 0. The van der Waals surface area contributed by atoms with Gasteiger partial charge in [-0.05, 0) is 5.16 Å². The maximum atomic E-state index is 5.66. The molecule has 0 aromatic carbocycles. The van der Waals surface area contributed by atoms with Crippen LogP contribution in [0.15, 0.2) is 4.52 Å². The first-order valence-corrected chi connectivity index (χ1v) is 3.85. The Kier molecular flexibility index (Phi) is 2.88. The molecule has 1 aromatic heterocycles. The molecule has 1 unspecified atom stereocenters. The van der Waals surface area contributed by atoms with Gasteiger partial charge in [0.1, 0.15) is 0 Å². The Labute approximate surface area is 76.9 Å². The van der Waals surface area contributed by atoms with Crippen molar-refractivity contribution in [1.29, 1.82) is 0 Å². The summed E-state index contributed by atoms with van der Waals surface area (Å²) in [5.41, 5.74) is 5.66. The summed E-state index contributed by atoms with van der Waals surface area (Å²) < 4.78 is 4.92. The van der Waals surface area contributed by atoms with Crippen LogP contribution in [0, 0.1) is 12.3 Å². The zero-order chi connectivity index (χ0) is 9.84. The number of nitrogens with zero attached hydrogens (tertiary/aromatic N) is 3. The number of nitrogens with two attached hydrogens (primary N) is 1. The van der Waals surface area contributed by atoms with Gasteiger partial charge in [0.15, 0.2) is 0 Å². The molecule has 2 N–H and O–H groups in total. The highest BCUT2D eigenvalue weighted by atomic mass is 16.5. The van der Waals surface area contributed by atoms with Gasteiger partial charge in [0.05, 0.1) is 6.04 Å². The minimum absolute atomic E-state index is 0.369. The summed E-state index contributed by atoms with van der Waals surface area (Å²) in [6.07, 6.45) is 5.50. The van der Waals surface area contributed by atoms with Gasteiger partial charge in [-0.15, -0.1) is 12.3 Å². The second kappa shape index (κ2) is 3.92. The Morgan fingerprint density at radius 2 is 2.38 bits per heavy atom.